The van der Waals surface area contributed by atoms with Crippen molar-refractivity contribution in [2.24, 2.45) is 5.41 Å². The van der Waals surface area contributed by atoms with Crippen LogP contribution in [0.5, 0.6) is 0 Å². The molecule has 3 aliphatic rings. The minimum Gasteiger partial charge on any atom is -0.311 e. The van der Waals surface area contributed by atoms with Crippen molar-refractivity contribution in [2.75, 3.05) is 6.54 Å². The van der Waals surface area contributed by atoms with Gasteiger partial charge in [0.15, 0.2) is 0 Å². The molecule has 60 valence electrons. The smallest absolute Gasteiger partial charge is 0.0197 e. The average Bonchev–Trinajstić information content (AvgIpc) is 1.60. The summed E-state index contributed by atoms with van der Waals surface area (Å²) in [5.41, 5.74) is 1.39. The Hall–Kier alpha value is 0.250. The summed E-state index contributed by atoms with van der Waals surface area (Å²) in [6, 6.07) is 0. The van der Waals surface area contributed by atoms with E-state index in [9.17, 15) is 0 Å². The predicted octanol–water partition coefficient (Wildman–Crippen LogP) is 1.96. The minimum atomic E-state index is 0. The Balaban J connectivity index is 0.000000500. The number of hydrogen-bond acceptors (Lipinski definition) is 1. The summed E-state index contributed by atoms with van der Waals surface area (Å²) in [5.74, 6) is 0. The van der Waals surface area contributed by atoms with Crippen LogP contribution in [0.4, 0.5) is 0 Å². The molecule has 0 spiro atoms. The summed E-state index contributed by atoms with van der Waals surface area (Å²) in [6.45, 7) is 5.74. The maximum Gasteiger partial charge on any atom is 0.0197 e. The van der Waals surface area contributed by atoms with E-state index in [1.165, 1.54) is 19.3 Å². The fourth-order valence-electron chi connectivity index (χ4n) is 2.86. The number of rotatable bonds is 2. The van der Waals surface area contributed by atoms with Crippen molar-refractivity contribution in [3.63, 3.8) is 0 Å². The van der Waals surface area contributed by atoms with Gasteiger partial charge in [-0.25, -0.2) is 0 Å². The highest BCUT2D eigenvalue weighted by molar-refractivity contribution is 5.85. The Labute approximate surface area is 69.0 Å². The van der Waals surface area contributed by atoms with Gasteiger partial charge in [-0.15, -0.1) is 12.4 Å². The van der Waals surface area contributed by atoms with Crippen LogP contribution in [0.15, 0.2) is 0 Å². The van der Waals surface area contributed by atoms with Crippen molar-refractivity contribution in [3.05, 3.63) is 0 Å². The monoisotopic (exact) mass is 161 g/mol. The lowest BCUT2D eigenvalue weighted by atomic mass is 9.40. The molecule has 0 aromatic carbocycles. The van der Waals surface area contributed by atoms with Crippen LogP contribution in [0.2, 0.25) is 0 Å². The molecule has 2 heteroatoms. The van der Waals surface area contributed by atoms with E-state index in [1.54, 1.807) is 0 Å². The van der Waals surface area contributed by atoms with E-state index < -0.39 is 0 Å². The third-order valence-corrected chi connectivity index (χ3v) is 2.85. The van der Waals surface area contributed by atoms with Crippen molar-refractivity contribution in [1.82, 2.24) is 5.32 Å². The van der Waals surface area contributed by atoms with Gasteiger partial charge >= 0.3 is 0 Å². The van der Waals surface area contributed by atoms with Crippen LogP contribution in [0.25, 0.3) is 0 Å². The fourth-order valence-corrected chi connectivity index (χ4v) is 2.86. The Morgan fingerprint density at radius 3 is 2.10 bits per heavy atom. The first-order valence-corrected chi connectivity index (χ1v) is 3.93. The molecule has 0 heterocycles. The molecule has 0 aromatic rings. The van der Waals surface area contributed by atoms with Gasteiger partial charge in [-0.1, -0.05) is 13.8 Å². The van der Waals surface area contributed by atoms with Gasteiger partial charge in [0, 0.05) is 5.54 Å². The largest absolute Gasteiger partial charge is 0.311 e. The highest BCUT2D eigenvalue weighted by Crippen LogP contribution is 2.66. The van der Waals surface area contributed by atoms with Gasteiger partial charge < -0.3 is 5.32 Å². The van der Waals surface area contributed by atoms with Crippen LogP contribution in [-0.2, 0) is 0 Å². The van der Waals surface area contributed by atoms with Crippen molar-refractivity contribution >= 4 is 12.4 Å². The van der Waals surface area contributed by atoms with Crippen LogP contribution in [0, 0.1) is 5.41 Å². The first-order valence-electron chi connectivity index (χ1n) is 3.93. The third kappa shape index (κ3) is 0.876. The first kappa shape index (κ1) is 8.35. The highest BCUT2D eigenvalue weighted by atomic mass is 35.5. The molecule has 0 aromatic heterocycles. The summed E-state index contributed by atoms with van der Waals surface area (Å²) < 4.78 is 0. The van der Waals surface area contributed by atoms with E-state index in [-0.39, 0.29) is 12.4 Å². The lowest BCUT2D eigenvalue weighted by Gasteiger charge is -2.70. The van der Waals surface area contributed by atoms with Crippen molar-refractivity contribution < 1.29 is 0 Å². The Kier molecular flexibility index (Phi) is 1.77. The molecule has 0 atom stereocenters. The number of nitrogens with one attached hydrogen (secondary N) is 1. The molecule has 3 fully saturated rings. The zero-order chi connectivity index (χ0) is 6.54. The van der Waals surface area contributed by atoms with Gasteiger partial charge in [-0.2, -0.15) is 0 Å². The fraction of sp³-hybridized carbons (Fsp3) is 1.00. The predicted molar refractivity (Wildman–Crippen MR) is 45.6 cm³/mol. The Bertz CT molecular complexity index is 118. The van der Waals surface area contributed by atoms with Crippen LogP contribution < -0.4 is 5.32 Å². The van der Waals surface area contributed by atoms with E-state index in [0.717, 1.165) is 12.0 Å². The van der Waals surface area contributed by atoms with Crippen molar-refractivity contribution in [1.29, 1.82) is 0 Å². The normalized spacial score (nSPS) is 48.6. The minimum absolute atomic E-state index is 0. The summed E-state index contributed by atoms with van der Waals surface area (Å²) in [7, 11) is 0. The molecule has 0 radical (unpaired) electrons. The van der Waals surface area contributed by atoms with Gasteiger partial charge in [0.2, 0.25) is 0 Å². The second kappa shape index (κ2) is 2.12. The van der Waals surface area contributed by atoms with Crippen molar-refractivity contribution in [3.8, 4) is 0 Å². The zero-order valence-corrected chi connectivity index (χ0v) is 7.55. The Morgan fingerprint density at radius 2 is 1.80 bits per heavy atom. The van der Waals surface area contributed by atoms with E-state index in [2.05, 4.69) is 19.2 Å². The SMILES string of the molecule is CCNC12CC(C)(C1)C2.Cl. The molecule has 0 unspecified atom stereocenters. The van der Waals surface area contributed by atoms with Gasteiger partial charge in [-0.3, -0.25) is 0 Å². The van der Waals surface area contributed by atoms with Crippen LogP contribution in [0.3, 0.4) is 0 Å². The van der Waals surface area contributed by atoms with Gasteiger partial charge in [-0.05, 0) is 31.2 Å². The maximum absolute atomic E-state index is 3.55. The van der Waals surface area contributed by atoms with Crippen LogP contribution in [-0.4, -0.2) is 12.1 Å². The molecule has 0 amide bonds. The van der Waals surface area contributed by atoms with Crippen LogP contribution in [0.1, 0.15) is 33.1 Å². The third-order valence-electron chi connectivity index (χ3n) is 2.85. The Morgan fingerprint density at radius 1 is 1.30 bits per heavy atom. The van der Waals surface area contributed by atoms with E-state index >= 15 is 0 Å². The first-order chi connectivity index (χ1) is 4.18. The summed E-state index contributed by atoms with van der Waals surface area (Å²) in [4.78, 5) is 0. The standard InChI is InChI=1S/C8H15N.ClH/c1-3-9-8-4-7(2,5-8)6-8;/h9H,3-6H2,1-2H3;1H. The molecular formula is C8H16ClN. The van der Waals surface area contributed by atoms with Crippen molar-refractivity contribution in [2.45, 2.75) is 38.6 Å². The van der Waals surface area contributed by atoms with Crippen LogP contribution >= 0.6 is 12.4 Å². The molecule has 2 bridgehead atoms. The van der Waals surface area contributed by atoms with E-state index in [4.69, 9.17) is 0 Å². The average molecular weight is 162 g/mol. The molecule has 1 N–H and O–H groups in total. The summed E-state index contributed by atoms with van der Waals surface area (Å²) in [5, 5.41) is 3.55. The molecule has 0 aliphatic heterocycles. The summed E-state index contributed by atoms with van der Waals surface area (Å²) >= 11 is 0. The lowest BCUT2D eigenvalue weighted by Crippen LogP contribution is -2.72. The van der Waals surface area contributed by atoms with Gasteiger partial charge in [0.1, 0.15) is 0 Å². The molecule has 3 aliphatic carbocycles. The van der Waals surface area contributed by atoms with E-state index in [0.29, 0.717) is 5.54 Å². The highest BCUT2D eigenvalue weighted by Gasteiger charge is 2.64. The second-order valence-electron chi connectivity index (χ2n) is 4.15. The molecule has 0 saturated heterocycles. The topological polar surface area (TPSA) is 12.0 Å². The molecule has 3 saturated carbocycles. The second-order valence-corrected chi connectivity index (χ2v) is 4.15. The zero-order valence-electron chi connectivity index (χ0n) is 6.74. The molecular weight excluding hydrogens is 146 g/mol. The molecule has 10 heavy (non-hydrogen) atoms. The summed E-state index contributed by atoms with van der Waals surface area (Å²) in [6.07, 6.45) is 4.32. The molecule has 1 nitrogen and oxygen atoms in total. The molecule has 3 rings (SSSR count). The maximum atomic E-state index is 3.55. The van der Waals surface area contributed by atoms with Gasteiger partial charge in [0.05, 0.1) is 0 Å². The number of halogens is 1. The van der Waals surface area contributed by atoms with E-state index in [1.807, 2.05) is 0 Å². The quantitative estimate of drug-likeness (QED) is 0.653. The number of hydrogen-bond donors (Lipinski definition) is 1. The lowest BCUT2D eigenvalue weighted by molar-refractivity contribution is -0.139. The van der Waals surface area contributed by atoms with Gasteiger partial charge in [0.25, 0.3) is 0 Å².